The van der Waals surface area contributed by atoms with Crippen molar-refractivity contribution in [1.29, 1.82) is 0 Å². The van der Waals surface area contributed by atoms with Crippen molar-refractivity contribution in [3.63, 3.8) is 0 Å². The molecule has 0 spiro atoms. The van der Waals surface area contributed by atoms with E-state index in [1.165, 1.54) is 29.2 Å². The highest BCUT2D eigenvalue weighted by Gasteiger charge is 2.34. The Kier molecular flexibility index (Phi) is 11.5. The SMILES string of the molecule is CC[C@@H](C(=O)NCC(C)C)N(Cc1ccc(Cl)cc1Cl)C(=O)CN(c1ccc(C)cc1)S(=O)(=O)c1ccc(Cl)cc1. The van der Waals surface area contributed by atoms with Crippen LogP contribution in [0.2, 0.25) is 15.1 Å². The minimum atomic E-state index is -4.19. The predicted octanol–water partition coefficient (Wildman–Crippen LogP) is 6.73. The van der Waals surface area contributed by atoms with Crippen LogP contribution in [0.5, 0.6) is 0 Å². The lowest BCUT2D eigenvalue weighted by molar-refractivity contribution is -0.140. The Bertz CT molecular complexity index is 1460. The lowest BCUT2D eigenvalue weighted by Crippen LogP contribution is -2.52. The van der Waals surface area contributed by atoms with Crippen LogP contribution in [-0.2, 0) is 26.2 Å². The third-order valence-corrected chi connectivity index (χ3v) is 9.06. The third-order valence-electron chi connectivity index (χ3n) is 6.43. The van der Waals surface area contributed by atoms with E-state index in [1.807, 2.05) is 20.8 Å². The zero-order valence-electron chi connectivity index (χ0n) is 23.4. The molecule has 11 heteroatoms. The van der Waals surface area contributed by atoms with Crippen molar-refractivity contribution >= 4 is 62.3 Å². The average molecular weight is 639 g/mol. The van der Waals surface area contributed by atoms with E-state index >= 15 is 0 Å². The van der Waals surface area contributed by atoms with Gasteiger partial charge in [0.05, 0.1) is 10.6 Å². The molecule has 0 saturated heterocycles. The van der Waals surface area contributed by atoms with Crippen LogP contribution in [0.3, 0.4) is 0 Å². The molecule has 3 aromatic rings. The van der Waals surface area contributed by atoms with E-state index in [9.17, 15) is 18.0 Å². The summed E-state index contributed by atoms with van der Waals surface area (Å²) in [5.41, 5.74) is 1.80. The Morgan fingerprint density at radius 1 is 0.902 bits per heavy atom. The molecule has 3 aromatic carbocycles. The Hall–Kier alpha value is -2.78. The van der Waals surface area contributed by atoms with E-state index in [-0.39, 0.29) is 23.3 Å². The average Bonchev–Trinajstić information content (AvgIpc) is 2.92. The number of nitrogens with zero attached hydrogens (tertiary/aromatic N) is 2. The van der Waals surface area contributed by atoms with Crippen LogP contribution in [0.25, 0.3) is 0 Å². The Morgan fingerprint density at radius 3 is 2.07 bits per heavy atom. The molecule has 0 bridgehead atoms. The minimum Gasteiger partial charge on any atom is -0.354 e. The van der Waals surface area contributed by atoms with Gasteiger partial charge in [-0.2, -0.15) is 0 Å². The van der Waals surface area contributed by atoms with Crippen LogP contribution in [0.1, 0.15) is 38.3 Å². The highest BCUT2D eigenvalue weighted by atomic mass is 35.5. The normalized spacial score (nSPS) is 12.2. The number of hydrogen-bond acceptors (Lipinski definition) is 4. The minimum absolute atomic E-state index is 0.0226. The molecule has 0 heterocycles. The van der Waals surface area contributed by atoms with Gasteiger partial charge in [-0.15, -0.1) is 0 Å². The molecule has 0 aliphatic rings. The molecule has 0 radical (unpaired) electrons. The Labute approximate surface area is 257 Å². The van der Waals surface area contributed by atoms with Gasteiger partial charge in [-0.25, -0.2) is 8.42 Å². The van der Waals surface area contributed by atoms with Gasteiger partial charge in [-0.3, -0.25) is 13.9 Å². The predicted molar refractivity (Wildman–Crippen MR) is 166 cm³/mol. The molecule has 3 rings (SSSR count). The summed E-state index contributed by atoms with van der Waals surface area (Å²) in [7, 11) is -4.19. The molecule has 0 aliphatic heterocycles. The summed E-state index contributed by atoms with van der Waals surface area (Å²) in [6.45, 7) is 7.48. The molecule has 0 aliphatic carbocycles. The number of halogens is 3. The van der Waals surface area contributed by atoms with E-state index in [0.29, 0.717) is 39.3 Å². The topological polar surface area (TPSA) is 86.8 Å². The van der Waals surface area contributed by atoms with Gasteiger partial charge in [-0.05, 0) is 73.4 Å². The number of sulfonamides is 1. The standard InChI is InChI=1S/C30H34Cl3N3O4S/c1-5-28(30(38)34-17-20(2)3)35(18-22-8-9-24(32)16-27(22)33)29(37)19-36(25-12-6-21(4)7-13-25)41(39,40)26-14-10-23(31)11-15-26/h6-16,20,28H,5,17-19H2,1-4H3,(H,34,38)/t28-/m0/s1. The van der Waals surface area contributed by atoms with Crippen molar-refractivity contribution in [3.8, 4) is 0 Å². The fourth-order valence-corrected chi connectivity index (χ4v) is 6.16. The van der Waals surface area contributed by atoms with Crippen LogP contribution in [-0.4, -0.2) is 44.3 Å². The lowest BCUT2D eigenvalue weighted by atomic mass is 10.1. The molecular formula is C30H34Cl3N3O4S. The van der Waals surface area contributed by atoms with Gasteiger partial charge >= 0.3 is 0 Å². The van der Waals surface area contributed by atoms with Gasteiger partial charge in [0.15, 0.2) is 0 Å². The number of amides is 2. The lowest BCUT2D eigenvalue weighted by Gasteiger charge is -2.33. The summed E-state index contributed by atoms with van der Waals surface area (Å²) in [5.74, 6) is -0.698. The molecule has 1 N–H and O–H groups in total. The first-order valence-corrected chi connectivity index (χ1v) is 15.8. The van der Waals surface area contributed by atoms with Crippen molar-refractivity contribution in [1.82, 2.24) is 10.2 Å². The van der Waals surface area contributed by atoms with E-state index in [2.05, 4.69) is 5.32 Å². The molecule has 220 valence electrons. The zero-order valence-corrected chi connectivity index (χ0v) is 26.5. The van der Waals surface area contributed by atoms with E-state index in [4.69, 9.17) is 34.8 Å². The second-order valence-electron chi connectivity index (χ2n) is 10.1. The van der Waals surface area contributed by atoms with Gasteiger partial charge in [0.25, 0.3) is 10.0 Å². The van der Waals surface area contributed by atoms with Crippen molar-refractivity contribution in [2.45, 2.75) is 51.6 Å². The Morgan fingerprint density at radius 2 is 1.51 bits per heavy atom. The molecule has 0 aromatic heterocycles. The largest absolute Gasteiger partial charge is 0.354 e. The number of carbonyl (C=O) groups excluding carboxylic acids is 2. The summed E-state index contributed by atoms with van der Waals surface area (Å²) in [6.07, 6.45) is 0.301. The van der Waals surface area contributed by atoms with Crippen LogP contribution in [0, 0.1) is 12.8 Å². The third kappa shape index (κ3) is 8.61. The fraction of sp³-hybridized carbons (Fsp3) is 0.333. The fourth-order valence-electron chi connectivity index (χ4n) is 4.15. The monoisotopic (exact) mass is 637 g/mol. The van der Waals surface area contributed by atoms with Crippen molar-refractivity contribution in [2.24, 2.45) is 5.92 Å². The molecule has 2 amide bonds. The quantitative estimate of drug-likeness (QED) is 0.238. The van der Waals surface area contributed by atoms with Gasteiger partial charge < -0.3 is 10.2 Å². The van der Waals surface area contributed by atoms with Crippen molar-refractivity contribution in [3.05, 3.63) is 92.9 Å². The number of rotatable bonds is 12. The van der Waals surface area contributed by atoms with Gasteiger partial charge in [-0.1, -0.05) is 79.3 Å². The number of carbonyl (C=O) groups is 2. The Balaban J connectivity index is 2.06. The summed E-state index contributed by atoms with van der Waals surface area (Å²) in [5, 5.41) is 4.04. The van der Waals surface area contributed by atoms with Gasteiger partial charge in [0.2, 0.25) is 11.8 Å². The maximum atomic E-state index is 14.1. The first-order chi connectivity index (χ1) is 19.3. The number of benzene rings is 3. The molecule has 7 nitrogen and oxygen atoms in total. The maximum absolute atomic E-state index is 14.1. The molecule has 41 heavy (non-hydrogen) atoms. The van der Waals surface area contributed by atoms with Crippen LogP contribution >= 0.6 is 34.8 Å². The first-order valence-electron chi connectivity index (χ1n) is 13.2. The number of nitrogens with one attached hydrogen (secondary N) is 1. The summed E-state index contributed by atoms with van der Waals surface area (Å²) < 4.78 is 28.8. The summed E-state index contributed by atoms with van der Waals surface area (Å²) in [6, 6.07) is 16.6. The number of anilines is 1. The van der Waals surface area contributed by atoms with Crippen LogP contribution < -0.4 is 9.62 Å². The molecule has 0 saturated carbocycles. The second-order valence-corrected chi connectivity index (χ2v) is 13.3. The summed E-state index contributed by atoms with van der Waals surface area (Å²) >= 11 is 18.5. The highest BCUT2D eigenvalue weighted by Crippen LogP contribution is 2.27. The van der Waals surface area contributed by atoms with Crippen molar-refractivity contribution in [2.75, 3.05) is 17.4 Å². The number of hydrogen-bond donors (Lipinski definition) is 1. The first kappa shape index (κ1) is 32.7. The van der Waals surface area contributed by atoms with E-state index in [0.717, 1.165) is 9.87 Å². The van der Waals surface area contributed by atoms with Crippen LogP contribution in [0.15, 0.2) is 71.6 Å². The molecule has 0 fully saturated rings. The molecular weight excluding hydrogens is 605 g/mol. The molecule has 1 atom stereocenters. The maximum Gasteiger partial charge on any atom is 0.264 e. The van der Waals surface area contributed by atoms with E-state index in [1.54, 1.807) is 49.4 Å². The highest BCUT2D eigenvalue weighted by molar-refractivity contribution is 7.92. The second kappa shape index (κ2) is 14.4. The zero-order chi connectivity index (χ0) is 30.3. The van der Waals surface area contributed by atoms with Gasteiger partial charge in [0.1, 0.15) is 12.6 Å². The van der Waals surface area contributed by atoms with Gasteiger partial charge in [0, 0.05) is 28.2 Å². The van der Waals surface area contributed by atoms with E-state index < -0.39 is 28.5 Å². The smallest absolute Gasteiger partial charge is 0.264 e. The van der Waals surface area contributed by atoms with Crippen molar-refractivity contribution < 1.29 is 18.0 Å². The molecule has 0 unspecified atom stereocenters. The number of aryl methyl sites for hydroxylation is 1. The summed E-state index contributed by atoms with van der Waals surface area (Å²) in [4.78, 5) is 28.7. The van der Waals surface area contributed by atoms with Crippen LogP contribution in [0.4, 0.5) is 5.69 Å².